The predicted octanol–water partition coefficient (Wildman–Crippen LogP) is 2.99. The molecule has 12 nitrogen and oxygen atoms in total. The Bertz CT molecular complexity index is 1500. The van der Waals surface area contributed by atoms with Gasteiger partial charge in [-0.15, -0.1) is 0 Å². The SMILES string of the molecule is CCOC(=O)c1ccc(NC(=O)C(=O)NCc2ccc(/C=C(/C#N)C(=O)NCCc3ccc(OC)c(OC)c3)o2)cc1. The summed E-state index contributed by atoms with van der Waals surface area (Å²) in [4.78, 5) is 48.6. The van der Waals surface area contributed by atoms with Gasteiger partial charge in [-0.25, -0.2) is 4.79 Å². The lowest BCUT2D eigenvalue weighted by Gasteiger charge is -2.10. The number of anilines is 1. The lowest BCUT2D eigenvalue weighted by Crippen LogP contribution is -2.34. The molecule has 0 spiro atoms. The number of methoxy groups -OCH3 is 2. The Kier molecular flexibility index (Phi) is 11.3. The molecule has 3 N–H and O–H groups in total. The van der Waals surface area contributed by atoms with E-state index >= 15 is 0 Å². The number of nitriles is 1. The van der Waals surface area contributed by atoms with Crippen molar-refractivity contribution in [3.8, 4) is 17.6 Å². The van der Waals surface area contributed by atoms with Crippen LogP contribution in [-0.2, 0) is 32.1 Å². The fourth-order valence-electron chi connectivity index (χ4n) is 3.65. The molecule has 2 aromatic carbocycles. The van der Waals surface area contributed by atoms with Gasteiger partial charge in [0.25, 0.3) is 5.91 Å². The van der Waals surface area contributed by atoms with Gasteiger partial charge in [-0.05, 0) is 67.4 Å². The highest BCUT2D eigenvalue weighted by Gasteiger charge is 2.16. The first-order valence-corrected chi connectivity index (χ1v) is 12.8. The van der Waals surface area contributed by atoms with Crippen LogP contribution in [0.5, 0.6) is 11.5 Å². The summed E-state index contributed by atoms with van der Waals surface area (Å²) in [7, 11) is 3.08. The van der Waals surface area contributed by atoms with Crippen molar-refractivity contribution in [3.05, 3.63) is 82.8 Å². The lowest BCUT2D eigenvalue weighted by molar-refractivity contribution is -0.136. The fourth-order valence-corrected chi connectivity index (χ4v) is 3.65. The van der Waals surface area contributed by atoms with E-state index in [0.717, 1.165) is 5.56 Å². The van der Waals surface area contributed by atoms with Crippen LogP contribution in [0.4, 0.5) is 5.69 Å². The van der Waals surface area contributed by atoms with Gasteiger partial charge in [0.05, 0.1) is 32.9 Å². The number of hydrogen-bond donors (Lipinski definition) is 3. The minimum absolute atomic E-state index is 0.110. The van der Waals surface area contributed by atoms with Crippen LogP contribution in [0.2, 0.25) is 0 Å². The molecule has 3 amide bonds. The highest BCUT2D eigenvalue weighted by Crippen LogP contribution is 2.27. The van der Waals surface area contributed by atoms with E-state index < -0.39 is 23.7 Å². The first-order valence-electron chi connectivity index (χ1n) is 12.8. The molecule has 42 heavy (non-hydrogen) atoms. The summed E-state index contributed by atoms with van der Waals surface area (Å²) < 4.78 is 21.0. The van der Waals surface area contributed by atoms with Crippen molar-refractivity contribution in [2.24, 2.45) is 0 Å². The van der Waals surface area contributed by atoms with E-state index in [9.17, 15) is 24.4 Å². The van der Waals surface area contributed by atoms with Crippen molar-refractivity contribution >= 4 is 35.5 Å². The maximum Gasteiger partial charge on any atom is 0.338 e. The van der Waals surface area contributed by atoms with Crippen LogP contribution in [-0.4, -0.2) is 51.1 Å². The molecule has 0 aliphatic heterocycles. The Morgan fingerprint density at radius 2 is 1.64 bits per heavy atom. The van der Waals surface area contributed by atoms with Crippen LogP contribution < -0.4 is 25.4 Å². The van der Waals surface area contributed by atoms with Crippen LogP contribution in [0.15, 0.2) is 64.6 Å². The Morgan fingerprint density at radius 1 is 0.905 bits per heavy atom. The van der Waals surface area contributed by atoms with Crippen molar-refractivity contribution in [2.45, 2.75) is 19.9 Å². The zero-order valence-corrected chi connectivity index (χ0v) is 23.3. The number of hydrogen-bond acceptors (Lipinski definition) is 9. The Labute approximate surface area is 242 Å². The molecule has 0 bridgehead atoms. The second kappa shape index (κ2) is 15.3. The molecule has 0 saturated carbocycles. The van der Waals surface area contributed by atoms with E-state index in [4.69, 9.17) is 18.6 Å². The molecule has 0 atom stereocenters. The molecule has 0 saturated heterocycles. The molecular weight excluding hydrogens is 544 g/mol. The molecule has 0 aliphatic rings. The van der Waals surface area contributed by atoms with E-state index in [1.807, 2.05) is 18.2 Å². The molecule has 0 radical (unpaired) electrons. The largest absolute Gasteiger partial charge is 0.493 e. The number of nitrogens with zero attached hydrogens (tertiary/aromatic N) is 1. The van der Waals surface area contributed by atoms with Crippen LogP contribution in [0.25, 0.3) is 6.08 Å². The molecule has 1 heterocycles. The minimum Gasteiger partial charge on any atom is -0.493 e. The monoisotopic (exact) mass is 574 g/mol. The van der Waals surface area contributed by atoms with Crippen LogP contribution in [0.1, 0.15) is 34.4 Å². The van der Waals surface area contributed by atoms with E-state index in [1.165, 1.54) is 43.5 Å². The highest BCUT2D eigenvalue weighted by molar-refractivity contribution is 6.39. The third kappa shape index (κ3) is 8.72. The normalized spacial score (nSPS) is 10.7. The number of esters is 1. The first kappa shape index (κ1) is 31.0. The average Bonchev–Trinajstić information content (AvgIpc) is 3.46. The maximum atomic E-state index is 12.5. The Hall–Kier alpha value is -5.57. The van der Waals surface area contributed by atoms with Crippen molar-refractivity contribution in [3.63, 3.8) is 0 Å². The lowest BCUT2D eigenvalue weighted by atomic mass is 10.1. The van der Waals surface area contributed by atoms with E-state index in [0.29, 0.717) is 34.9 Å². The molecule has 12 heteroatoms. The van der Waals surface area contributed by atoms with Gasteiger partial charge >= 0.3 is 17.8 Å². The topological polar surface area (TPSA) is 169 Å². The van der Waals surface area contributed by atoms with Gasteiger partial charge in [-0.3, -0.25) is 14.4 Å². The summed E-state index contributed by atoms with van der Waals surface area (Å²) in [6.45, 7) is 2.10. The van der Waals surface area contributed by atoms with Gasteiger partial charge in [0.15, 0.2) is 11.5 Å². The van der Waals surface area contributed by atoms with Crippen LogP contribution in [0.3, 0.4) is 0 Å². The standard InChI is InChI=1S/C30H30N4O8/c1-4-41-30(38)20-6-8-22(9-7-20)34-29(37)28(36)33-18-24-11-10-23(42-24)16-21(17-31)27(35)32-14-13-19-5-12-25(39-2)26(15-19)40-3/h5-12,15-16H,4,13-14,18H2,1-3H3,(H,32,35)(H,33,36)(H,34,37)/b21-16-. The van der Waals surface area contributed by atoms with Crippen molar-refractivity contribution < 1.29 is 37.8 Å². The molecule has 1 aromatic heterocycles. The van der Waals surface area contributed by atoms with Gasteiger partial charge in [-0.2, -0.15) is 5.26 Å². The van der Waals surface area contributed by atoms with Gasteiger partial charge in [0, 0.05) is 18.3 Å². The maximum absolute atomic E-state index is 12.5. The fraction of sp³-hybridized carbons (Fsp3) is 0.233. The molecule has 218 valence electrons. The third-order valence-electron chi connectivity index (χ3n) is 5.76. The second-order valence-electron chi connectivity index (χ2n) is 8.60. The van der Waals surface area contributed by atoms with Crippen molar-refractivity contribution in [1.29, 1.82) is 5.26 Å². The average molecular weight is 575 g/mol. The van der Waals surface area contributed by atoms with Gasteiger partial charge < -0.3 is 34.6 Å². The zero-order chi connectivity index (χ0) is 30.5. The number of furan rings is 1. The third-order valence-corrected chi connectivity index (χ3v) is 5.76. The predicted molar refractivity (Wildman–Crippen MR) is 151 cm³/mol. The van der Waals surface area contributed by atoms with Gasteiger partial charge in [0.2, 0.25) is 0 Å². The molecule has 0 aliphatic carbocycles. The first-order chi connectivity index (χ1) is 20.3. The summed E-state index contributed by atoms with van der Waals surface area (Å²) >= 11 is 0. The summed E-state index contributed by atoms with van der Waals surface area (Å²) in [6.07, 6.45) is 1.78. The smallest absolute Gasteiger partial charge is 0.338 e. The van der Waals surface area contributed by atoms with Crippen molar-refractivity contribution in [1.82, 2.24) is 10.6 Å². The molecule has 3 rings (SSSR count). The molecule has 0 unspecified atom stereocenters. The van der Waals surface area contributed by atoms with Gasteiger partial charge in [0.1, 0.15) is 23.2 Å². The van der Waals surface area contributed by atoms with Crippen molar-refractivity contribution in [2.75, 3.05) is 32.7 Å². The highest BCUT2D eigenvalue weighted by atomic mass is 16.5. The number of ether oxygens (including phenoxy) is 3. The number of amides is 3. The quantitative estimate of drug-likeness (QED) is 0.127. The number of rotatable bonds is 12. The Balaban J connectivity index is 1.48. The van der Waals surface area contributed by atoms with Gasteiger partial charge in [-0.1, -0.05) is 6.07 Å². The second-order valence-corrected chi connectivity index (χ2v) is 8.60. The van der Waals surface area contributed by atoms with Crippen LogP contribution in [0, 0.1) is 11.3 Å². The summed E-state index contributed by atoms with van der Waals surface area (Å²) in [5.74, 6) is -1.20. The summed E-state index contributed by atoms with van der Waals surface area (Å²) in [5, 5.41) is 17.0. The van der Waals surface area contributed by atoms with E-state index in [-0.39, 0.29) is 31.0 Å². The number of nitrogens with one attached hydrogen (secondary N) is 3. The minimum atomic E-state index is -0.915. The zero-order valence-electron chi connectivity index (χ0n) is 23.3. The molecule has 3 aromatic rings. The summed E-state index contributed by atoms with van der Waals surface area (Å²) in [5.41, 5.74) is 1.38. The Morgan fingerprint density at radius 3 is 2.31 bits per heavy atom. The number of carbonyl (C=O) groups is 4. The summed E-state index contributed by atoms with van der Waals surface area (Å²) in [6, 6.07) is 16.2. The molecule has 0 fully saturated rings. The number of benzene rings is 2. The van der Waals surface area contributed by atoms with Crippen LogP contribution >= 0.6 is 0 Å². The van der Waals surface area contributed by atoms with E-state index in [2.05, 4.69) is 16.0 Å². The molecular formula is C30H30N4O8. The number of carbonyl (C=O) groups excluding carboxylic acids is 4. The van der Waals surface area contributed by atoms with E-state index in [1.54, 1.807) is 26.2 Å².